The molecule has 0 radical (unpaired) electrons. The number of furan rings is 1. The molecule has 2 aromatic heterocycles. The Kier molecular flexibility index (Phi) is 5.63. The van der Waals surface area contributed by atoms with E-state index in [1.165, 1.54) is 0 Å². The van der Waals surface area contributed by atoms with Crippen molar-refractivity contribution in [1.82, 2.24) is 19.1 Å². The zero-order valence-corrected chi connectivity index (χ0v) is 19.3. The molecule has 0 aromatic carbocycles. The van der Waals surface area contributed by atoms with Crippen LogP contribution in [0.15, 0.2) is 29.0 Å². The van der Waals surface area contributed by atoms with Crippen molar-refractivity contribution >= 4 is 27.2 Å². The van der Waals surface area contributed by atoms with Crippen molar-refractivity contribution in [2.75, 3.05) is 39.3 Å². The number of fused-ring (bicyclic) bond motifs is 1. The van der Waals surface area contributed by atoms with Gasteiger partial charge in [-0.15, -0.1) is 0 Å². The van der Waals surface area contributed by atoms with Gasteiger partial charge in [0.2, 0.25) is 10.0 Å². The largest absolute Gasteiger partial charge is 0.462 e. The van der Waals surface area contributed by atoms with Gasteiger partial charge in [-0.05, 0) is 44.7 Å². The van der Waals surface area contributed by atoms with Crippen LogP contribution in [0.4, 0.5) is 4.79 Å². The molecule has 9 nitrogen and oxygen atoms in total. The monoisotopic (exact) mass is 462 g/mol. The summed E-state index contributed by atoms with van der Waals surface area (Å²) < 4.78 is 39.2. The molecule has 2 amide bonds. The fraction of sp³-hybridized carbons (Fsp3) is 0.636. The van der Waals surface area contributed by atoms with E-state index in [4.69, 9.17) is 9.15 Å². The van der Waals surface area contributed by atoms with E-state index >= 15 is 0 Å². The SMILES string of the molecule is C[C@@H]1CN(C(=O)N2CC(S(=O)(=O)N3CCC(c4coc5cccnc45)CC3)C2)C[C@H](C)O1. The number of hydrogen-bond acceptors (Lipinski definition) is 6. The second-order valence-corrected chi connectivity index (χ2v) is 11.4. The van der Waals surface area contributed by atoms with Gasteiger partial charge in [0.25, 0.3) is 0 Å². The van der Waals surface area contributed by atoms with E-state index in [0.717, 1.165) is 29.5 Å². The maximum atomic E-state index is 13.1. The van der Waals surface area contributed by atoms with Gasteiger partial charge in [-0.2, -0.15) is 0 Å². The van der Waals surface area contributed by atoms with E-state index in [2.05, 4.69) is 4.98 Å². The molecule has 3 fully saturated rings. The first-order valence-corrected chi connectivity index (χ1v) is 12.8. The summed E-state index contributed by atoms with van der Waals surface area (Å²) >= 11 is 0. The lowest BCUT2D eigenvalue weighted by Gasteiger charge is -2.45. The van der Waals surface area contributed by atoms with Crippen LogP contribution < -0.4 is 0 Å². The molecule has 0 saturated carbocycles. The van der Waals surface area contributed by atoms with E-state index < -0.39 is 15.3 Å². The Balaban J connectivity index is 1.17. The molecule has 3 saturated heterocycles. The van der Waals surface area contributed by atoms with E-state index in [9.17, 15) is 13.2 Å². The van der Waals surface area contributed by atoms with Gasteiger partial charge >= 0.3 is 6.03 Å². The number of pyridine rings is 1. The lowest BCUT2D eigenvalue weighted by molar-refractivity contribution is -0.0597. The first kappa shape index (κ1) is 21.7. The van der Waals surface area contributed by atoms with E-state index in [-0.39, 0.29) is 37.2 Å². The van der Waals surface area contributed by atoms with Gasteiger partial charge in [0.1, 0.15) is 10.8 Å². The molecule has 174 valence electrons. The number of carbonyl (C=O) groups excluding carboxylic acids is 1. The second-order valence-electron chi connectivity index (χ2n) is 9.23. The lowest BCUT2D eigenvalue weighted by Crippen LogP contribution is -2.64. The van der Waals surface area contributed by atoms with Crippen LogP contribution in [0.25, 0.3) is 11.1 Å². The third-order valence-corrected chi connectivity index (χ3v) is 9.07. The number of morpholine rings is 1. The zero-order valence-electron chi connectivity index (χ0n) is 18.5. The Morgan fingerprint density at radius 2 is 1.72 bits per heavy atom. The molecular formula is C22H30N4O5S. The van der Waals surface area contributed by atoms with Crippen molar-refractivity contribution in [3.63, 3.8) is 0 Å². The van der Waals surface area contributed by atoms with Crippen molar-refractivity contribution in [1.29, 1.82) is 0 Å². The highest BCUT2D eigenvalue weighted by Gasteiger charge is 2.45. The van der Waals surface area contributed by atoms with Gasteiger partial charge < -0.3 is 19.0 Å². The van der Waals surface area contributed by atoms with Gasteiger partial charge in [0, 0.05) is 51.0 Å². The fourth-order valence-electron chi connectivity index (χ4n) is 5.12. The van der Waals surface area contributed by atoms with Crippen LogP contribution in [0.3, 0.4) is 0 Å². The average molecular weight is 463 g/mol. The Bertz CT molecular complexity index is 1080. The van der Waals surface area contributed by atoms with E-state index in [0.29, 0.717) is 26.2 Å². The number of ether oxygens (including phenoxy) is 1. The first-order chi connectivity index (χ1) is 15.3. The number of aromatic nitrogens is 1. The number of amides is 2. The number of urea groups is 1. The number of carbonyl (C=O) groups is 1. The van der Waals surface area contributed by atoms with Crippen LogP contribution in [0.1, 0.15) is 38.2 Å². The molecule has 0 unspecified atom stereocenters. The van der Waals surface area contributed by atoms with Crippen LogP contribution in [0, 0.1) is 0 Å². The van der Waals surface area contributed by atoms with Gasteiger partial charge in [-0.3, -0.25) is 4.98 Å². The Morgan fingerprint density at radius 3 is 2.41 bits per heavy atom. The predicted octanol–water partition coefficient (Wildman–Crippen LogP) is 2.25. The van der Waals surface area contributed by atoms with Crippen molar-refractivity contribution in [2.24, 2.45) is 0 Å². The Labute approximate surface area is 188 Å². The van der Waals surface area contributed by atoms with Crippen molar-refractivity contribution in [2.45, 2.75) is 50.1 Å². The number of piperidine rings is 1. The molecule has 3 aliphatic rings. The average Bonchev–Trinajstić information content (AvgIpc) is 3.16. The molecule has 0 spiro atoms. The van der Waals surface area contributed by atoms with Crippen LogP contribution >= 0.6 is 0 Å². The highest BCUT2D eigenvalue weighted by Crippen LogP contribution is 2.35. The van der Waals surface area contributed by atoms with Gasteiger partial charge in [0.05, 0.1) is 18.5 Å². The molecule has 32 heavy (non-hydrogen) atoms. The van der Waals surface area contributed by atoms with E-state index in [1.54, 1.807) is 26.6 Å². The standard InChI is InChI=1S/C22H30N4O5S/c1-15-10-24(11-16(2)31-15)22(27)25-12-18(13-25)32(28,29)26-8-5-17(6-9-26)19-14-30-20-4-3-7-23-21(19)20/h3-4,7,14-18H,5-6,8-13H2,1-2H3/t15-,16+. The molecule has 2 atom stereocenters. The zero-order chi connectivity index (χ0) is 22.5. The molecule has 0 aliphatic carbocycles. The number of rotatable bonds is 3. The van der Waals surface area contributed by atoms with Crippen LogP contribution in [-0.4, -0.2) is 90.3 Å². The summed E-state index contributed by atoms with van der Waals surface area (Å²) in [6, 6.07) is 3.65. The highest BCUT2D eigenvalue weighted by atomic mass is 32.2. The number of sulfonamides is 1. The number of nitrogens with zero attached hydrogens (tertiary/aromatic N) is 4. The summed E-state index contributed by atoms with van der Waals surface area (Å²) in [5, 5.41) is -0.518. The van der Waals surface area contributed by atoms with Gasteiger partial charge in [-0.25, -0.2) is 17.5 Å². The predicted molar refractivity (Wildman–Crippen MR) is 119 cm³/mol. The summed E-state index contributed by atoms with van der Waals surface area (Å²) in [6.07, 6.45) is 4.98. The second kappa shape index (κ2) is 8.31. The maximum Gasteiger partial charge on any atom is 0.320 e. The number of likely N-dealkylation sites (tertiary alicyclic amines) is 1. The van der Waals surface area contributed by atoms with Crippen molar-refractivity contribution in [3.8, 4) is 0 Å². The quantitative estimate of drug-likeness (QED) is 0.694. The molecule has 3 aliphatic heterocycles. The maximum absolute atomic E-state index is 13.1. The topological polar surface area (TPSA) is 96.2 Å². The van der Waals surface area contributed by atoms with Gasteiger partial charge in [0.15, 0.2) is 5.58 Å². The fourth-order valence-corrected chi connectivity index (χ4v) is 7.00. The minimum atomic E-state index is -3.42. The van der Waals surface area contributed by atoms with Crippen LogP contribution in [0.2, 0.25) is 0 Å². The molecule has 5 heterocycles. The molecule has 5 rings (SSSR count). The number of hydrogen-bond donors (Lipinski definition) is 0. The highest BCUT2D eigenvalue weighted by molar-refractivity contribution is 7.89. The molecule has 0 bridgehead atoms. The third-order valence-electron chi connectivity index (χ3n) is 6.84. The molecule has 0 N–H and O–H groups in total. The molecule has 2 aromatic rings. The first-order valence-electron chi connectivity index (χ1n) is 11.3. The summed E-state index contributed by atoms with van der Waals surface area (Å²) in [6.45, 7) is 6.47. The third kappa shape index (κ3) is 3.88. The minimum Gasteiger partial charge on any atom is -0.462 e. The van der Waals surface area contributed by atoms with Crippen molar-refractivity contribution < 1.29 is 22.4 Å². The van der Waals surface area contributed by atoms with Gasteiger partial charge in [-0.1, -0.05) is 0 Å². The van der Waals surface area contributed by atoms with Crippen LogP contribution in [0.5, 0.6) is 0 Å². The summed E-state index contributed by atoms with van der Waals surface area (Å²) in [5.74, 6) is 0.238. The van der Waals surface area contributed by atoms with Crippen molar-refractivity contribution in [3.05, 3.63) is 30.2 Å². The minimum absolute atomic E-state index is 0.00708. The van der Waals surface area contributed by atoms with E-state index in [1.807, 2.05) is 26.0 Å². The van der Waals surface area contributed by atoms with Crippen LogP contribution in [-0.2, 0) is 14.8 Å². The Morgan fingerprint density at radius 1 is 1.06 bits per heavy atom. The smallest absolute Gasteiger partial charge is 0.320 e. The summed E-state index contributed by atoms with van der Waals surface area (Å²) in [7, 11) is -3.42. The molecule has 10 heteroatoms. The summed E-state index contributed by atoms with van der Waals surface area (Å²) in [4.78, 5) is 20.6. The molecular weight excluding hydrogens is 432 g/mol. The lowest BCUT2D eigenvalue weighted by atomic mass is 9.91. The normalized spacial score (nSPS) is 26.4. The summed E-state index contributed by atoms with van der Waals surface area (Å²) in [5.41, 5.74) is 2.70. The Hall–Kier alpha value is -2.17.